The monoisotopic (exact) mass is 322 g/mol. The maximum Gasteiger partial charge on any atom is 0.307 e. The molecule has 0 aliphatic heterocycles. The van der Waals surface area contributed by atoms with Gasteiger partial charge in [-0.3, -0.25) is 19.7 Å². The largest absolute Gasteiger partial charge is 0.466 e. The van der Waals surface area contributed by atoms with E-state index in [4.69, 9.17) is 4.74 Å². The molecular weight excluding hydrogens is 300 g/mol. The third-order valence-electron chi connectivity index (χ3n) is 3.34. The van der Waals surface area contributed by atoms with Gasteiger partial charge in [-0.1, -0.05) is 18.2 Å². The highest BCUT2D eigenvalue weighted by Gasteiger charge is 2.22. The van der Waals surface area contributed by atoms with E-state index in [1.54, 1.807) is 25.1 Å². The Kier molecular flexibility index (Phi) is 7.18. The molecule has 1 amide bonds. The number of nitro groups is 1. The van der Waals surface area contributed by atoms with Gasteiger partial charge in [0.2, 0.25) is 5.91 Å². The molecule has 126 valence electrons. The molecule has 0 radical (unpaired) electrons. The van der Waals surface area contributed by atoms with Crippen LogP contribution in [0.4, 0.5) is 5.69 Å². The van der Waals surface area contributed by atoms with Gasteiger partial charge in [0.1, 0.15) is 0 Å². The summed E-state index contributed by atoms with van der Waals surface area (Å²) in [7, 11) is 0. The molecular formula is C16H22N2O5. The van der Waals surface area contributed by atoms with E-state index in [9.17, 15) is 19.7 Å². The van der Waals surface area contributed by atoms with Crippen molar-refractivity contribution >= 4 is 17.6 Å². The van der Waals surface area contributed by atoms with Crippen molar-refractivity contribution in [2.75, 3.05) is 13.2 Å². The van der Waals surface area contributed by atoms with Gasteiger partial charge in [-0.2, -0.15) is 0 Å². The summed E-state index contributed by atoms with van der Waals surface area (Å²) in [5, 5.41) is 11.0. The standard InChI is InChI=1S/C16H22N2O5/c1-4-23-16(20)9-10-17(12(2)3)15(19)11-13-7-5-6-8-14(13)18(21)22/h5-8,12H,4,9-11H2,1-3H3. The minimum Gasteiger partial charge on any atom is -0.466 e. The molecule has 0 fully saturated rings. The zero-order chi connectivity index (χ0) is 17.4. The summed E-state index contributed by atoms with van der Waals surface area (Å²) in [6.45, 7) is 5.92. The normalized spacial score (nSPS) is 10.4. The molecule has 23 heavy (non-hydrogen) atoms. The number of hydrogen-bond acceptors (Lipinski definition) is 5. The van der Waals surface area contributed by atoms with Crippen LogP contribution >= 0.6 is 0 Å². The number of carbonyl (C=O) groups excluding carboxylic acids is 2. The van der Waals surface area contributed by atoms with Crippen molar-refractivity contribution in [1.82, 2.24) is 4.90 Å². The predicted octanol–water partition coefficient (Wildman–Crippen LogP) is 2.33. The van der Waals surface area contributed by atoms with E-state index in [2.05, 4.69) is 0 Å². The van der Waals surface area contributed by atoms with E-state index < -0.39 is 4.92 Å². The van der Waals surface area contributed by atoms with Crippen LogP contribution in [-0.2, 0) is 20.7 Å². The Morgan fingerprint density at radius 2 is 1.96 bits per heavy atom. The smallest absolute Gasteiger partial charge is 0.307 e. The van der Waals surface area contributed by atoms with Gasteiger partial charge < -0.3 is 9.64 Å². The maximum absolute atomic E-state index is 12.5. The summed E-state index contributed by atoms with van der Waals surface area (Å²) in [6, 6.07) is 6.06. The highest BCUT2D eigenvalue weighted by molar-refractivity contribution is 5.81. The number of rotatable bonds is 8. The van der Waals surface area contributed by atoms with Gasteiger partial charge in [0.15, 0.2) is 0 Å². The summed E-state index contributed by atoms with van der Waals surface area (Å²) >= 11 is 0. The first-order valence-electron chi connectivity index (χ1n) is 7.54. The van der Waals surface area contributed by atoms with Gasteiger partial charge in [0.05, 0.1) is 24.4 Å². The fourth-order valence-electron chi connectivity index (χ4n) is 2.22. The van der Waals surface area contributed by atoms with Gasteiger partial charge in [0, 0.05) is 24.2 Å². The van der Waals surface area contributed by atoms with Crippen LogP contribution in [0.25, 0.3) is 0 Å². The predicted molar refractivity (Wildman–Crippen MR) is 84.9 cm³/mol. The first-order valence-corrected chi connectivity index (χ1v) is 7.54. The van der Waals surface area contributed by atoms with Crippen molar-refractivity contribution < 1.29 is 19.2 Å². The molecule has 7 heteroatoms. The topological polar surface area (TPSA) is 89.8 Å². The van der Waals surface area contributed by atoms with E-state index in [0.717, 1.165) is 0 Å². The highest BCUT2D eigenvalue weighted by Crippen LogP contribution is 2.19. The van der Waals surface area contributed by atoms with Crippen LogP contribution in [0.1, 0.15) is 32.8 Å². The molecule has 1 aromatic carbocycles. The van der Waals surface area contributed by atoms with E-state index in [0.29, 0.717) is 12.2 Å². The molecule has 0 saturated carbocycles. The van der Waals surface area contributed by atoms with E-state index >= 15 is 0 Å². The Morgan fingerprint density at radius 3 is 2.52 bits per heavy atom. The number of amides is 1. The fourth-order valence-corrected chi connectivity index (χ4v) is 2.22. The van der Waals surface area contributed by atoms with E-state index in [-0.39, 0.29) is 43.0 Å². The highest BCUT2D eigenvalue weighted by atomic mass is 16.6. The van der Waals surface area contributed by atoms with Crippen molar-refractivity contribution in [2.45, 2.75) is 39.7 Å². The third-order valence-corrected chi connectivity index (χ3v) is 3.34. The van der Waals surface area contributed by atoms with Crippen LogP contribution in [0.3, 0.4) is 0 Å². The third kappa shape index (κ3) is 5.69. The molecule has 7 nitrogen and oxygen atoms in total. The number of nitrogens with zero attached hydrogens (tertiary/aromatic N) is 2. The van der Waals surface area contributed by atoms with Gasteiger partial charge in [-0.15, -0.1) is 0 Å². The van der Waals surface area contributed by atoms with Crippen molar-refractivity contribution in [3.05, 3.63) is 39.9 Å². The summed E-state index contributed by atoms with van der Waals surface area (Å²) in [6.07, 6.45) is 0.0345. The van der Waals surface area contributed by atoms with Crippen LogP contribution in [-0.4, -0.2) is 40.9 Å². The summed E-state index contributed by atoms with van der Waals surface area (Å²) in [5.74, 6) is -0.616. The van der Waals surface area contributed by atoms with Crippen molar-refractivity contribution in [2.24, 2.45) is 0 Å². The Labute approximate surface area is 135 Å². The first-order chi connectivity index (χ1) is 10.9. The lowest BCUT2D eigenvalue weighted by molar-refractivity contribution is -0.385. The second-order valence-corrected chi connectivity index (χ2v) is 5.30. The number of carbonyl (C=O) groups is 2. The number of benzene rings is 1. The van der Waals surface area contributed by atoms with Gasteiger partial charge in [0.25, 0.3) is 5.69 Å². The number of esters is 1. The molecule has 0 atom stereocenters. The zero-order valence-corrected chi connectivity index (χ0v) is 13.7. The van der Waals surface area contributed by atoms with Crippen LogP contribution in [0, 0.1) is 10.1 Å². The average Bonchev–Trinajstić information content (AvgIpc) is 2.47. The molecule has 0 spiro atoms. The minimum atomic E-state index is -0.499. The molecule has 0 aromatic heterocycles. The van der Waals surface area contributed by atoms with Crippen LogP contribution in [0.2, 0.25) is 0 Å². The lowest BCUT2D eigenvalue weighted by atomic mass is 10.1. The molecule has 0 unspecified atom stereocenters. The van der Waals surface area contributed by atoms with Gasteiger partial charge >= 0.3 is 5.97 Å². The molecule has 0 bridgehead atoms. The van der Waals surface area contributed by atoms with Crippen molar-refractivity contribution in [1.29, 1.82) is 0 Å². The Balaban J connectivity index is 2.79. The quantitative estimate of drug-likeness (QED) is 0.416. The van der Waals surface area contributed by atoms with Crippen LogP contribution in [0.5, 0.6) is 0 Å². The Morgan fingerprint density at radius 1 is 1.30 bits per heavy atom. The molecule has 1 aromatic rings. The number of ether oxygens (including phenoxy) is 1. The molecule has 0 aliphatic carbocycles. The lowest BCUT2D eigenvalue weighted by Gasteiger charge is -2.26. The maximum atomic E-state index is 12.5. The molecule has 0 heterocycles. The zero-order valence-electron chi connectivity index (χ0n) is 13.7. The molecule has 0 aliphatic rings. The molecule has 0 N–H and O–H groups in total. The number of nitro benzene ring substituents is 1. The van der Waals surface area contributed by atoms with Crippen LogP contribution < -0.4 is 0 Å². The van der Waals surface area contributed by atoms with E-state index in [1.807, 2.05) is 13.8 Å². The Hall–Kier alpha value is -2.44. The lowest BCUT2D eigenvalue weighted by Crippen LogP contribution is -2.39. The van der Waals surface area contributed by atoms with Crippen molar-refractivity contribution in [3.63, 3.8) is 0 Å². The second kappa shape index (κ2) is 8.87. The van der Waals surface area contributed by atoms with Crippen LogP contribution in [0.15, 0.2) is 24.3 Å². The molecule has 1 rings (SSSR count). The first kappa shape index (κ1) is 18.6. The average molecular weight is 322 g/mol. The SMILES string of the molecule is CCOC(=O)CCN(C(=O)Cc1ccccc1[N+](=O)[O-])C(C)C. The summed E-state index contributed by atoms with van der Waals surface area (Å²) in [5.41, 5.74) is 0.291. The molecule has 0 saturated heterocycles. The number of hydrogen-bond donors (Lipinski definition) is 0. The number of para-hydroxylation sites is 1. The Bertz CT molecular complexity index is 571. The van der Waals surface area contributed by atoms with Gasteiger partial charge in [-0.25, -0.2) is 0 Å². The summed E-state index contributed by atoms with van der Waals surface area (Å²) < 4.78 is 4.85. The van der Waals surface area contributed by atoms with E-state index in [1.165, 1.54) is 11.0 Å². The van der Waals surface area contributed by atoms with Crippen molar-refractivity contribution in [3.8, 4) is 0 Å². The fraction of sp³-hybridized carbons (Fsp3) is 0.500. The summed E-state index contributed by atoms with van der Waals surface area (Å²) in [4.78, 5) is 35.9. The van der Waals surface area contributed by atoms with Gasteiger partial charge in [-0.05, 0) is 20.8 Å². The second-order valence-electron chi connectivity index (χ2n) is 5.30. The minimum absolute atomic E-state index is 0.0713.